The van der Waals surface area contributed by atoms with Gasteiger partial charge < -0.3 is 14.6 Å². The molecule has 0 radical (unpaired) electrons. The summed E-state index contributed by atoms with van der Waals surface area (Å²) in [6, 6.07) is 5.82. The second-order valence-electron chi connectivity index (χ2n) is 5.80. The summed E-state index contributed by atoms with van der Waals surface area (Å²) >= 11 is 0. The van der Waals surface area contributed by atoms with Crippen molar-refractivity contribution in [1.82, 2.24) is 4.90 Å². The highest BCUT2D eigenvalue weighted by Crippen LogP contribution is 2.34. The maximum atomic E-state index is 14.2. The van der Waals surface area contributed by atoms with Crippen LogP contribution < -0.4 is 9.47 Å². The minimum Gasteiger partial charge on any atom is -0.490 e. The van der Waals surface area contributed by atoms with Gasteiger partial charge in [0.25, 0.3) is 0 Å². The SMILES string of the molecule is CCCOc1c(CN2CCC(F)(CO)C2)cccc1OCC. The second kappa shape index (κ2) is 7.79. The third-order valence-corrected chi connectivity index (χ3v) is 3.87. The molecule has 1 aliphatic rings. The van der Waals surface area contributed by atoms with E-state index in [-0.39, 0.29) is 6.54 Å². The largest absolute Gasteiger partial charge is 0.490 e. The van der Waals surface area contributed by atoms with Gasteiger partial charge in [-0.05, 0) is 25.8 Å². The van der Waals surface area contributed by atoms with Crippen molar-refractivity contribution in [1.29, 1.82) is 0 Å². The molecule has 1 aromatic carbocycles. The summed E-state index contributed by atoms with van der Waals surface area (Å²) in [5.41, 5.74) is -0.469. The average Bonchev–Trinajstić information content (AvgIpc) is 2.89. The first-order valence-electron chi connectivity index (χ1n) is 8.01. The van der Waals surface area contributed by atoms with E-state index in [0.29, 0.717) is 32.7 Å². The minimum absolute atomic E-state index is 0.260. The van der Waals surface area contributed by atoms with Crippen LogP contribution >= 0.6 is 0 Å². The lowest BCUT2D eigenvalue weighted by molar-refractivity contribution is 0.0768. The van der Waals surface area contributed by atoms with Crippen LogP contribution in [0.4, 0.5) is 4.39 Å². The van der Waals surface area contributed by atoms with Crippen LogP contribution in [0.15, 0.2) is 18.2 Å². The number of aliphatic hydroxyl groups excluding tert-OH is 1. The number of halogens is 1. The zero-order valence-corrected chi connectivity index (χ0v) is 13.5. The molecule has 1 fully saturated rings. The molecule has 124 valence electrons. The summed E-state index contributed by atoms with van der Waals surface area (Å²) in [4.78, 5) is 2.01. The summed E-state index contributed by atoms with van der Waals surface area (Å²) in [6.07, 6.45) is 1.29. The molecule has 0 amide bonds. The maximum absolute atomic E-state index is 14.2. The fraction of sp³-hybridized carbons (Fsp3) is 0.647. The highest BCUT2D eigenvalue weighted by atomic mass is 19.1. The fourth-order valence-electron chi connectivity index (χ4n) is 2.75. The van der Waals surface area contributed by atoms with Gasteiger partial charge in [-0.15, -0.1) is 0 Å². The van der Waals surface area contributed by atoms with Crippen LogP contribution in [0.3, 0.4) is 0 Å². The van der Waals surface area contributed by atoms with Gasteiger partial charge in [-0.25, -0.2) is 4.39 Å². The zero-order valence-electron chi connectivity index (χ0n) is 13.5. The second-order valence-corrected chi connectivity index (χ2v) is 5.80. The quantitative estimate of drug-likeness (QED) is 0.801. The molecule has 1 aromatic rings. The van der Waals surface area contributed by atoms with E-state index in [1.807, 2.05) is 30.0 Å². The van der Waals surface area contributed by atoms with E-state index in [0.717, 1.165) is 23.5 Å². The number of ether oxygens (including phenoxy) is 2. The predicted octanol–water partition coefficient (Wildman–Crippen LogP) is 2.78. The Hall–Kier alpha value is -1.33. The molecule has 1 atom stereocenters. The van der Waals surface area contributed by atoms with Gasteiger partial charge in [0.1, 0.15) is 5.67 Å². The monoisotopic (exact) mass is 311 g/mol. The van der Waals surface area contributed by atoms with Gasteiger partial charge in [-0.2, -0.15) is 0 Å². The van der Waals surface area contributed by atoms with E-state index in [1.54, 1.807) is 0 Å². The number of hydrogen-bond acceptors (Lipinski definition) is 4. The lowest BCUT2D eigenvalue weighted by atomic mass is 10.1. The number of benzene rings is 1. The van der Waals surface area contributed by atoms with Crippen LogP contribution in [0.2, 0.25) is 0 Å². The molecule has 1 aliphatic heterocycles. The summed E-state index contributed by atoms with van der Waals surface area (Å²) in [5.74, 6) is 1.49. The standard InChI is InChI=1S/C17H26FNO3/c1-3-10-22-16-14(6-5-7-15(16)21-4-2)11-19-9-8-17(18,12-19)13-20/h5-7,20H,3-4,8-13H2,1-2H3. The topological polar surface area (TPSA) is 41.9 Å². The molecule has 0 saturated carbocycles. The molecule has 1 heterocycles. The van der Waals surface area contributed by atoms with E-state index in [9.17, 15) is 4.39 Å². The molecular weight excluding hydrogens is 285 g/mol. The van der Waals surface area contributed by atoms with Crippen molar-refractivity contribution in [2.75, 3.05) is 32.9 Å². The first-order chi connectivity index (χ1) is 10.6. The molecule has 0 aromatic heterocycles. The zero-order chi connectivity index (χ0) is 16.0. The summed E-state index contributed by atoms with van der Waals surface area (Å²) in [5, 5.41) is 9.15. The Morgan fingerprint density at radius 1 is 1.32 bits per heavy atom. The van der Waals surface area contributed by atoms with Gasteiger partial charge in [0, 0.05) is 25.2 Å². The van der Waals surface area contributed by atoms with Crippen molar-refractivity contribution >= 4 is 0 Å². The molecule has 0 spiro atoms. The number of rotatable bonds is 8. The molecule has 1 unspecified atom stereocenters. The number of likely N-dealkylation sites (tertiary alicyclic amines) is 1. The first-order valence-corrected chi connectivity index (χ1v) is 8.01. The van der Waals surface area contributed by atoms with Gasteiger partial charge in [0.15, 0.2) is 11.5 Å². The summed E-state index contributed by atoms with van der Waals surface area (Å²) in [7, 11) is 0. The van der Waals surface area contributed by atoms with Crippen molar-refractivity contribution in [3.8, 4) is 11.5 Å². The van der Waals surface area contributed by atoms with Crippen molar-refractivity contribution in [2.24, 2.45) is 0 Å². The van der Waals surface area contributed by atoms with Crippen LogP contribution in [0.1, 0.15) is 32.3 Å². The molecule has 5 heteroatoms. The lowest BCUT2D eigenvalue weighted by Gasteiger charge is -2.21. The third-order valence-electron chi connectivity index (χ3n) is 3.87. The normalized spacial score (nSPS) is 22.0. The van der Waals surface area contributed by atoms with Crippen molar-refractivity contribution in [2.45, 2.75) is 38.9 Å². The first kappa shape index (κ1) is 17.0. The number of aliphatic hydroxyl groups is 1. The molecule has 1 saturated heterocycles. The van der Waals surface area contributed by atoms with E-state index >= 15 is 0 Å². The van der Waals surface area contributed by atoms with Gasteiger partial charge in [-0.1, -0.05) is 19.1 Å². The number of alkyl halides is 1. The molecule has 2 rings (SSSR count). The maximum Gasteiger partial charge on any atom is 0.165 e. The number of nitrogens with zero attached hydrogens (tertiary/aromatic N) is 1. The van der Waals surface area contributed by atoms with Crippen LogP contribution in [-0.2, 0) is 6.54 Å². The van der Waals surface area contributed by atoms with E-state index in [2.05, 4.69) is 6.92 Å². The van der Waals surface area contributed by atoms with Gasteiger partial charge in [-0.3, -0.25) is 4.90 Å². The smallest absolute Gasteiger partial charge is 0.165 e. The molecule has 4 nitrogen and oxygen atoms in total. The molecule has 0 aliphatic carbocycles. The fourth-order valence-corrected chi connectivity index (χ4v) is 2.75. The molecule has 22 heavy (non-hydrogen) atoms. The Balaban J connectivity index is 2.14. The Bertz CT molecular complexity index is 483. The van der Waals surface area contributed by atoms with Crippen molar-refractivity contribution < 1.29 is 19.0 Å². The Morgan fingerprint density at radius 2 is 2.14 bits per heavy atom. The van der Waals surface area contributed by atoms with Crippen LogP contribution in [0.25, 0.3) is 0 Å². The number of hydrogen-bond donors (Lipinski definition) is 1. The van der Waals surface area contributed by atoms with Crippen LogP contribution in [0, 0.1) is 0 Å². The predicted molar refractivity (Wildman–Crippen MR) is 84.2 cm³/mol. The average molecular weight is 311 g/mol. The molecular formula is C17H26FNO3. The van der Waals surface area contributed by atoms with Gasteiger partial charge >= 0.3 is 0 Å². The Morgan fingerprint density at radius 3 is 2.77 bits per heavy atom. The van der Waals surface area contributed by atoms with Crippen molar-refractivity contribution in [3.05, 3.63) is 23.8 Å². The molecule has 0 bridgehead atoms. The van der Waals surface area contributed by atoms with Crippen LogP contribution in [0.5, 0.6) is 11.5 Å². The van der Waals surface area contributed by atoms with E-state index < -0.39 is 12.3 Å². The Kier molecular flexibility index (Phi) is 6.03. The van der Waals surface area contributed by atoms with E-state index in [1.165, 1.54) is 0 Å². The van der Waals surface area contributed by atoms with Crippen LogP contribution in [-0.4, -0.2) is 48.6 Å². The van der Waals surface area contributed by atoms with E-state index in [4.69, 9.17) is 14.6 Å². The van der Waals surface area contributed by atoms with Gasteiger partial charge in [0.2, 0.25) is 0 Å². The molecule has 1 N–H and O–H groups in total. The van der Waals surface area contributed by atoms with Crippen molar-refractivity contribution in [3.63, 3.8) is 0 Å². The highest BCUT2D eigenvalue weighted by molar-refractivity contribution is 5.46. The lowest BCUT2D eigenvalue weighted by Crippen LogP contribution is -2.32. The minimum atomic E-state index is -1.47. The van der Waals surface area contributed by atoms with Gasteiger partial charge in [0.05, 0.1) is 19.8 Å². The summed E-state index contributed by atoms with van der Waals surface area (Å²) in [6.45, 7) is 6.29. The third kappa shape index (κ3) is 4.11. The Labute approximate surface area is 131 Å². The highest BCUT2D eigenvalue weighted by Gasteiger charge is 2.37. The summed E-state index contributed by atoms with van der Waals surface area (Å²) < 4.78 is 25.7. The number of para-hydroxylation sites is 1.